The lowest BCUT2D eigenvalue weighted by Crippen LogP contribution is -2.16. The Morgan fingerprint density at radius 2 is 1.81 bits per heavy atom. The topological polar surface area (TPSA) is 44.2 Å². The number of ether oxygens (including phenoxy) is 2. The van der Waals surface area contributed by atoms with Gasteiger partial charge in [0.15, 0.2) is 5.82 Å². The number of alkyl halides is 3. The van der Waals surface area contributed by atoms with Gasteiger partial charge in [-0.2, -0.15) is 0 Å². The molecule has 21 heavy (non-hydrogen) atoms. The van der Waals surface area contributed by atoms with Crippen LogP contribution < -0.4 is 4.74 Å². The first-order chi connectivity index (χ1) is 9.87. The molecule has 8 heteroatoms. The second-order valence-electron chi connectivity index (χ2n) is 4.01. The van der Waals surface area contributed by atoms with Crippen molar-refractivity contribution in [1.82, 2.24) is 9.97 Å². The van der Waals surface area contributed by atoms with E-state index in [2.05, 4.69) is 14.7 Å². The molecule has 0 saturated heterocycles. The minimum atomic E-state index is -4.72. The van der Waals surface area contributed by atoms with E-state index in [9.17, 15) is 13.2 Å². The predicted octanol–water partition coefficient (Wildman–Crippen LogP) is 3.84. The highest BCUT2D eigenvalue weighted by Crippen LogP contribution is 2.25. The summed E-state index contributed by atoms with van der Waals surface area (Å²) in [4.78, 5) is 8.24. The third-order valence-electron chi connectivity index (χ3n) is 2.39. The van der Waals surface area contributed by atoms with Crippen LogP contribution in [0.25, 0.3) is 11.4 Å². The third-order valence-corrected chi connectivity index (χ3v) is 2.58. The van der Waals surface area contributed by atoms with Crippen LogP contribution >= 0.6 is 11.6 Å². The monoisotopic (exact) mass is 318 g/mol. The fourth-order valence-electron chi connectivity index (χ4n) is 1.62. The molecule has 0 fully saturated rings. The average molecular weight is 319 g/mol. The number of halogens is 4. The molecule has 0 aliphatic rings. The molecule has 2 rings (SSSR count). The lowest BCUT2D eigenvalue weighted by molar-refractivity contribution is -0.274. The highest BCUT2D eigenvalue weighted by Gasteiger charge is 2.30. The molecule has 0 N–H and O–H groups in total. The van der Waals surface area contributed by atoms with Gasteiger partial charge >= 0.3 is 6.36 Å². The summed E-state index contributed by atoms with van der Waals surface area (Å²) in [7, 11) is 1.51. The smallest absolute Gasteiger partial charge is 0.406 e. The van der Waals surface area contributed by atoms with Gasteiger partial charge in [-0.05, 0) is 30.3 Å². The summed E-state index contributed by atoms with van der Waals surface area (Å²) in [6.07, 6.45) is -4.72. The van der Waals surface area contributed by atoms with Crippen molar-refractivity contribution >= 4 is 11.6 Å². The number of hydrogen-bond acceptors (Lipinski definition) is 4. The Hall–Kier alpha value is -1.86. The third kappa shape index (κ3) is 4.57. The molecule has 2 aromatic rings. The van der Waals surface area contributed by atoms with E-state index >= 15 is 0 Å². The van der Waals surface area contributed by atoms with Gasteiger partial charge in [0.2, 0.25) is 0 Å². The SMILES string of the molecule is COCc1cc(Cl)nc(-c2ccc(OC(F)(F)F)cc2)n1. The van der Waals surface area contributed by atoms with Crippen LogP contribution in [0.4, 0.5) is 13.2 Å². The molecule has 4 nitrogen and oxygen atoms in total. The fraction of sp³-hybridized carbons (Fsp3) is 0.231. The molecule has 0 bridgehead atoms. The van der Waals surface area contributed by atoms with Gasteiger partial charge in [0.1, 0.15) is 10.9 Å². The lowest BCUT2D eigenvalue weighted by Gasteiger charge is -2.09. The zero-order valence-corrected chi connectivity index (χ0v) is 11.6. The normalized spacial score (nSPS) is 11.5. The van der Waals surface area contributed by atoms with Gasteiger partial charge < -0.3 is 9.47 Å². The van der Waals surface area contributed by atoms with Gasteiger partial charge in [0, 0.05) is 12.7 Å². The van der Waals surface area contributed by atoms with Crippen LogP contribution in [0, 0.1) is 0 Å². The van der Waals surface area contributed by atoms with Gasteiger partial charge in [-0.1, -0.05) is 11.6 Å². The van der Waals surface area contributed by atoms with Gasteiger partial charge in [-0.15, -0.1) is 13.2 Å². The second-order valence-corrected chi connectivity index (χ2v) is 4.40. The summed E-state index contributed by atoms with van der Waals surface area (Å²) in [5, 5.41) is 0.225. The highest BCUT2D eigenvalue weighted by molar-refractivity contribution is 6.29. The van der Waals surface area contributed by atoms with E-state index in [1.807, 2.05) is 0 Å². The summed E-state index contributed by atoms with van der Waals surface area (Å²) in [6.45, 7) is 0.254. The van der Waals surface area contributed by atoms with Crippen LogP contribution in [0.2, 0.25) is 5.15 Å². The van der Waals surface area contributed by atoms with Crippen LogP contribution in [0.3, 0.4) is 0 Å². The molecule has 112 valence electrons. The van der Waals surface area contributed by atoms with E-state index < -0.39 is 6.36 Å². The van der Waals surface area contributed by atoms with Crippen molar-refractivity contribution in [3.63, 3.8) is 0 Å². The van der Waals surface area contributed by atoms with E-state index in [4.69, 9.17) is 16.3 Å². The first-order valence-electron chi connectivity index (χ1n) is 5.76. The van der Waals surface area contributed by atoms with Crippen molar-refractivity contribution in [2.45, 2.75) is 13.0 Å². The van der Waals surface area contributed by atoms with Crippen molar-refractivity contribution < 1.29 is 22.6 Å². The zero-order valence-electron chi connectivity index (χ0n) is 10.8. The van der Waals surface area contributed by atoms with Gasteiger partial charge in [-0.25, -0.2) is 9.97 Å². The number of hydrogen-bond donors (Lipinski definition) is 0. The minimum Gasteiger partial charge on any atom is -0.406 e. The summed E-state index contributed by atoms with van der Waals surface area (Å²) in [5.41, 5.74) is 1.09. The quantitative estimate of drug-likeness (QED) is 0.803. The van der Waals surface area contributed by atoms with E-state index in [1.54, 1.807) is 6.07 Å². The largest absolute Gasteiger partial charge is 0.573 e. The lowest BCUT2D eigenvalue weighted by atomic mass is 10.2. The number of methoxy groups -OCH3 is 1. The first-order valence-corrected chi connectivity index (χ1v) is 6.14. The maximum Gasteiger partial charge on any atom is 0.573 e. The van der Waals surface area contributed by atoms with Crippen LogP contribution in [0.15, 0.2) is 30.3 Å². The Labute approximate surface area is 123 Å². The molecule has 0 amide bonds. The molecule has 0 aliphatic heterocycles. The number of rotatable bonds is 4. The second kappa shape index (κ2) is 6.28. The van der Waals surface area contributed by atoms with Crippen LogP contribution in [0.1, 0.15) is 5.69 Å². The Morgan fingerprint density at radius 1 is 1.14 bits per heavy atom. The van der Waals surface area contributed by atoms with Crippen LogP contribution in [0.5, 0.6) is 5.75 Å². The van der Waals surface area contributed by atoms with Gasteiger partial charge in [0.25, 0.3) is 0 Å². The van der Waals surface area contributed by atoms with E-state index in [0.29, 0.717) is 17.1 Å². The van der Waals surface area contributed by atoms with Gasteiger partial charge in [0.05, 0.1) is 12.3 Å². The average Bonchev–Trinajstić information content (AvgIpc) is 2.37. The first kappa shape index (κ1) is 15.5. The Morgan fingerprint density at radius 3 is 2.38 bits per heavy atom. The van der Waals surface area contributed by atoms with Crippen molar-refractivity contribution in [2.75, 3.05) is 7.11 Å². The summed E-state index contributed by atoms with van der Waals surface area (Å²) in [5.74, 6) is -0.0153. The van der Waals surface area contributed by atoms with Crippen molar-refractivity contribution in [3.8, 4) is 17.1 Å². The number of aromatic nitrogens is 2. The maximum atomic E-state index is 12.1. The van der Waals surface area contributed by atoms with Crippen LogP contribution in [-0.4, -0.2) is 23.4 Å². The van der Waals surface area contributed by atoms with Crippen molar-refractivity contribution in [2.24, 2.45) is 0 Å². The summed E-state index contributed by atoms with van der Waals surface area (Å²) < 4.78 is 45.0. The van der Waals surface area contributed by atoms with E-state index in [-0.39, 0.29) is 17.5 Å². The fourth-order valence-corrected chi connectivity index (χ4v) is 1.83. The van der Waals surface area contributed by atoms with Crippen LogP contribution in [-0.2, 0) is 11.3 Å². The standard InChI is InChI=1S/C13H10ClF3N2O2/c1-20-7-9-6-11(14)19-12(18-9)8-2-4-10(5-3-8)21-13(15,16)17/h2-6H,7H2,1H3. The Bertz CT molecular complexity index is 618. The predicted molar refractivity (Wildman–Crippen MR) is 69.9 cm³/mol. The van der Waals surface area contributed by atoms with E-state index in [1.165, 1.54) is 31.4 Å². The molecule has 1 heterocycles. The van der Waals surface area contributed by atoms with Crippen molar-refractivity contribution in [3.05, 3.63) is 41.2 Å². The van der Waals surface area contributed by atoms with Crippen molar-refractivity contribution in [1.29, 1.82) is 0 Å². The molecule has 0 radical (unpaired) electrons. The molecule has 0 unspecified atom stereocenters. The highest BCUT2D eigenvalue weighted by atomic mass is 35.5. The van der Waals surface area contributed by atoms with Gasteiger partial charge in [-0.3, -0.25) is 0 Å². The Kier molecular flexibility index (Phi) is 4.64. The van der Waals surface area contributed by atoms with E-state index in [0.717, 1.165) is 0 Å². The zero-order chi connectivity index (χ0) is 15.5. The molecule has 1 aromatic heterocycles. The number of benzene rings is 1. The minimum absolute atomic E-state index is 0.225. The molecule has 0 spiro atoms. The molecule has 1 aromatic carbocycles. The molecular weight excluding hydrogens is 309 g/mol. The number of nitrogens with zero attached hydrogens (tertiary/aromatic N) is 2. The molecule has 0 saturated carbocycles. The summed E-state index contributed by atoms with van der Waals surface area (Å²) in [6, 6.07) is 6.76. The Balaban J connectivity index is 2.26. The molecular formula is C13H10ClF3N2O2. The summed E-state index contributed by atoms with van der Waals surface area (Å²) >= 11 is 5.87. The molecule has 0 aliphatic carbocycles. The maximum absolute atomic E-state index is 12.1. The molecule has 0 atom stereocenters.